The van der Waals surface area contributed by atoms with Crippen LogP contribution in [0.5, 0.6) is 17.2 Å². The van der Waals surface area contributed by atoms with E-state index in [4.69, 9.17) is 14.6 Å². The Morgan fingerprint density at radius 2 is 1.56 bits per heavy atom. The van der Waals surface area contributed by atoms with E-state index < -0.39 is 11.9 Å². The number of carbonyl (C=O) groups excluding carboxylic acids is 1. The number of anilines is 1. The van der Waals surface area contributed by atoms with Gasteiger partial charge in [-0.25, -0.2) is 9.78 Å². The Morgan fingerprint density at radius 1 is 0.889 bits per heavy atom. The molecule has 0 aliphatic heterocycles. The molecule has 0 bridgehead atoms. The third-order valence-corrected chi connectivity index (χ3v) is 3.59. The molecule has 27 heavy (non-hydrogen) atoms. The van der Waals surface area contributed by atoms with E-state index in [2.05, 4.69) is 10.3 Å². The summed E-state index contributed by atoms with van der Waals surface area (Å²) in [7, 11) is 1.58. The molecule has 7 heteroatoms. The number of pyridine rings is 1. The molecule has 0 saturated heterocycles. The lowest BCUT2D eigenvalue weighted by molar-refractivity contribution is 0.0690. The minimum Gasteiger partial charge on any atom is -0.497 e. The monoisotopic (exact) mass is 364 g/mol. The van der Waals surface area contributed by atoms with Crippen molar-refractivity contribution in [3.8, 4) is 17.2 Å². The first-order chi connectivity index (χ1) is 13.0. The highest BCUT2D eigenvalue weighted by Gasteiger charge is 2.11. The lowest BCUT2D eigenvalue weighted by Gasteiger charge is -2.09. The molecule has 3 rings (SSSR count). The first kappa shape index (κ1) is 17.9. The summed E-state index contributed by atoms with van der Waals surface area (Å²) < 4.78 is 10.9. The Labute approximate surface area is 155 Å². The lowest BCUT2D eigenvalue weighted by atomic mass is 10.2. The molecular weight excluding hydrogens is 348 g/mol. The van der Waals surface area contributed by atoms with E-state index in [1.807, 2.05) is 12.1 Å². The minimum absolute atomic E-state index is 0.0200. The van der Waals surface area contributed by atoms with Gasteiger partial charge in [0.2, 0.25) is 0 Å². The fourth-order valence-corrected chi connectivity index (χ4v) is 2.28. The maximum atomic E-state index is 12.2. The minimum atomic E-state index is -1.19. The number of aromatic carboxylic acids is 1. The lowest BCUT2D eigenvalue weighted by Crippen LogP contribution is -2.15. The molecule has 3 aromatic rings. The standard InChI is InChI=1S/C20H16N2O5/c1-26-15-4-2-5-16(12-15)27-14-10-8-13(9-11-14)21-19(23)17-6-3-7-18(22-17)20(24)25/h2-12H,1H3,(H,21,23)(H,24,25). The van der Waals surface area contributed by atoms with Crippen LogP contribution in [0, 0.1) is 0 Å². The first-order valence-corrected chi connectivity index (χ1v) is 7.99. The van der Waals surface area contributed by atoms with Gasteiger partial charge in [0.05, 0.1) is 7.11 Å². The molecule has 0 aliphatic rings. The van der Waals surface area contributed by atoms with Crippen molar-refractivity contribution in [2.24, 2.45) is 0 Å². The normalized spacial score (nSPS) is 10.1. The van der Waals surface area contributed by atoms with Crippen LogP contribution in [-0.2, 0) is 0 Å². The van der Waals surface area contributed by atoms with E-state index in [1.54, 1.807) is 43.5 Å². The van der Waals surface area contributed by atoms with Crippen molar-refractivity contribution in [1.82, 2.24) is 4.98 Å². The summed E-state index contributed by atoms with van der Waals surface area (Å²) in [6.07, 6.45) is 0. The van der Waals surface area contributed by atoms with Crippen molar-refractivity contribution in [2.75, 3.05) is 12.4 Å². The number of carboxylic acids is 1. The number of carbonyl (C=O) groups is 2. The maximum absolute atomic E-state index is 12.2. The fraction of sp³-hybridized carbons (Fsp3) is 0.0500. The molecule has 2 aromatic carbocycles. The van der Waals surface area contributed by atoms with Crippen LogP contribution in [0.3, 0.4) is 0 Å². The van der Waals surface area contributed by atoms with Crippen molar-refractivity contribution in [3.05, 3.63) is 78.1 Å². The van der Waals surface area contributed by atoms with Gasteiger partial charge in [-0.05, 0) is 48.5 Å². The van der Waals surface area contributed by atoms with Gasteiger partial charge >= 0.3 is 5.97 Å². The number of hydrogen-bond acceptors (Lipinski definition) is 5. The molecule has 1 amide bonds. The van der Waals surface area contributed by atoms with Gasteiger partial charge in [-0.1, -0.05) is 12.1 Å². The Morgan fingerprint density at radius 3 is 2.26 bits per heavy atom. The third kappa shape index (κ3) is 4.60. The quantitative estimate of drug-likeness (QED) is 0.690. The number of amides is 1. The fourth-order valence-electron chi connectivity index (χ4n) is 2.28. The second-order valence-electron chi connectivity index (χ2n) is 5.47. The number of rotatable bonds is 6. The molecule has 1 aromatic heterocycles. The number of aromatic nitrogens is 1. The molecule has 0 unspecified atom stereocenters. The molecule has 0 atom stereocenters. The summed E-state index contributed by atoms with van der Waals surface area (Å²) in [5.74, 6) is 0.212. The molecule has 0 saturated carbocycles. The Hall–Kier alpha value is -3.87. The Bertz CT molecular complexity index is 970. The highest BCUT2D eigenvalue weighted by molar-refractivity contribution is 6.03. The van der Waals surface area contributed by atoms with Gasteiger partial charge in [-0.3, -0.25) is 4.79 Å². The summed E-state index contributed by atoms with van der Waals surface area (Å²) in [6, 6.07) is 18.2. The zero-order chi connectivity index (χ0) is 19.2. The number of nitrogens with one attached hydrogen (secondary N) is 1. The highest BCUT2D eigenvalue weighted by atomic mass is 16.5. The van der Waals surface area contributed by atoms with E-state index in [1.165, 1.54) is 18.2 Å². The molecule has 7 nitrogen and oxygen atoms in total. The van der Waals surface area contributed by atoms with Crippen LogP contribution in [0.2, 0.25) is 0 Å². The molecule has 0 spiro atoms. The van der Waals surface area contributed by atoms with Gasteiger partial charge in [-0.15, -0.1) is 0 Å². The molecule has 2 N–H and O–H groups in total. The number of ether oxygens (including phenoxy) is 2. The van der Waals surface area contributed by atoms with Gasteiger partial charge in [0.15, 0.2) is 0 Å². The number of carboxylic acid groups (broad SMARTS) is 1. The Balaban J connectivity index is 1.67. The SMILES string of the molecule is COc1cccc(Oc2ccc(NC(=O)c3cccc(C(=O)O)n3)cc2)c1. The van der Waals surface area contributed by atoms with E-state index in [0.29, 0.717) is 22.9 Å². The third-order valence-electron chi connectivity index (χ3n) is 3.59. The van der Waals surface area contributed by atoms with Crippen LogP contribution in [0.15, 0.2) is 66.7 Å². The summed E-state index contributed by atoms with van der Waals surface area (Å²) in [6.45, 7) is 0. The van der Waals surface area contributed by atoms with Gasteiger partial charge in [-0.2, -0.15) is 0 Å². The van der Waals surface area contributed by atoms with Crippen molar-refractivity contribution in [2.45, 2.75) is 0 Å². The van der Waals surface area contributed by atoms with E-state index in [-0.39, 0.29) is 11.4 Å². The zero-order valence-electron chi connectivity index (χ0n) is 14.4. The van der Waals surface area contributed by atoms with Crippen LogP contribution in [0.25, 0.3) is 0 Å². The molecular formula is C20H16N2O5. The number of nitrogens with zero attached hydrogens (tertiary/aromatic N) is 1. The largest absolute Gasteiger partial charge is 0.497 e. The number of benzene rings is 2. The number of methoxy groups -OCH3 is 1. The molecule has 0 fully saturated rings. The second-order valence-corrected chi connectivity index (χ2v) is 5.47. The average molecular weight is 364 g/mol. The number of hydrogen-bond donors (Lipinski definition) is 2. The highest BCUT2D eigenvalue weighted by Crippen LogP contribution is 2.26. The molecule has 1 heterocycles. The van der Waals surface area contributed by atoms with Crippen LogP contribution in [0.4, 0.5) is 5.69 Å². The van der Waals surface area contributed by atoms with Gasteiger partial charge in [0.1, 0.15) is 28.6 Å². The van der Waals surface area contributed by atoms with Gasteiger partial charge in [0, 0.05) is 11.8 Å². The smallest absolute Gasteiger partial charge is 0.354 e. The predicted octanol–water partition coefficient (Wildman–Crippen LogP) is 3.83. The van der Waals surface area contributed by atoms with Crippen molar-refractivity contribution in [3.63, 3.8) is 0 Å². The summed E-state index contributed by atoms with van der Waals surface area (Å²) in [4.78, 5) is 27.0. The summed E-state index contributed by atoms with van der Waals surface area (Å²) >= 11 is 0. The maximum Gasteiger partial charge on any atom is 0.354 e. The van der Waals surface area contributed by atoms with Crippen LogP contribution < -0.4 is 14.8 Å². The van der Waals surface area contributed by atoms with Crippen molar-refractivity contribution >= 4 is 17.6 Å². The zero-order valence-corrected chi connectivity index (χ0v) is 14.4. The van der Waals surface area contributed by atoms with E-state index >= 15 is 0 Å². The summed E-state index contributed by atoms with van der Waals surface area (Å²) in [5.41, 5.74) is 0.358. The second kappa shape index (κ2) is 8.01. The van der Waals surface area contributed by atoms with Crippen LogP contribution in [-0.4, -0.2) is 29.1 Å². The topological polar surface area (TPSA) is 97.8 Å². The van der Waals surface area contributed by atoms with E-state index in [0.717, 1.165) is 0 Å². The predicted molar refractivity (Wildman–Crippen MR) is 98.7 cm³/mol. The van der Waals surface area contributed by atoms with Gasteiger partial charge in [0.25, 0.3) is 5.91 Å². The molecule has 0 aliphatic carbocycles. The molecule has 136 valence electrons. The Kier molecular flexibility index (Phi) is 5.32. The van der Waals surface area contributed by atoms with Gasteiger partial charge < -0.3 is 19.9 Å². The first-order valence-electron chi connectivity index (χ1n) is 7.99. The van der Waals surface area contributed by atoms with Crippen molar-refractivity contribution < 1.29 is 24.2 Å². The molecule has 0 radical (unpaired) electrons. The average Bonchev–Trinajstić information content (AvgIpc) is 2.69. The van der Waals surface area contributed by atoms with Crippen LogP contribution in [0.1, 0.15) is 21.0 Å². The summed E-state index contributed by atoms with van der Waals surface area (Å²) in [5, 5.41) is 11.6. The van der Waals surface area contributed by atoms with E-state index in [9.17, 15) is 9.59 Å². The van der Waals surface area contributed by atoms with Crippen LogP contribution >= 0.6 is 0 Å². The van der Waals surface area contributed by atoms with Crippen molar-refractivity contribution in [1.29, 1.82) is 0 Å².